The van der Waals surface area contributed by atoms with Crippen LogP contribution in [-0.4, -0.2) is 42.6 Å². The van der Waals surface area contributed by atoms with E-state index in [0.717, 1.165) is 0 Å². The number of carbonyl (C=O) groups is 1. The maximum atomic E-state index is 13.3. The Morgan fingerprint density at radius 2 is 2.09 bits per heavy atom. The molecule has 2 aliphatic heterocycles. The van der Waals surface area contributed by atoms with E-state index in [0.29, 0.717) is 30.5 Å². The Hall–Kier alpha value is -1.76. The molecule has 1 fully saturated rings. The number of benzene rings is 1. The zero-order chi connectivity index (χ0) is 15.7. The molecule has 3 rings (SSSR count). The Balaban J connectivity index is 1.89. The number of hydrogen-bond acceptors (Lipinski definition) is 4. The molecule has 0 N–H and O–H groups in total. The highest BCUT2D eigenvalue weighted by atomic mass is 32.2. The molecule has 0 saturated carbocycles. The smallest absolute Gasteiger partial charge is 0.243 e. The molecule has 2 heterocycles. The minimum absolute atomic E-state index is 0.0430. The van der Waals surface area contributed by atoms with Crippen molar-refractivity contribution in [3.63, 3.8) is 0 Å². The molecule has 1 aromatic carbocycles. The van der Waals surface area contributed by atoms with Crippen molar-refractivity contribution in [1.82, 2.24) is 5.01 Å². The van der Waals surface area contributed by atoms with E-state index in [-0.39, 0.29) is 29.7 Å². The predicted octanol–water partition coefficient (Wildman–Crippen LogP) is 1.73. The summed E-state index contributed by atoms with van der Waals surface area (Å²) in [4.78, 5) is 12.1. The van der Waals surface area contributed by atoms with Crippen LogP contribution < -0.4 is 0 Å². The zero-order valence-electron chi connectivity index (χ0n) is 12.0. The Bertz CT molecular complexity index is 730. The standard InChI is InChI=1S/C15H17FN2O3S/c16-12-4-1-3-11(9-12)14-6-7-15(19)18(17-14)13-5-2-8-22(20,21)10-13/h1,3-4,9,13H,2,5-8,10H2. The molecule has 5 nitrogen and oxygen atoms in total. The number of amides is 1. The maximum absolute atomic E-state index is 13.3. The van der Waals surface area contributed by atoms with Gasteiger partial charge >= 0.3 is 0 Å². The van der Waals surface area contributed by atoms with Crippen LogP contribution in [0.4, 0.5) is 4.39 Å². The summed E-state index contributed by atoms with van der Waals surface area (Å²) in [5.74, 6) is -0.392. The first kappa shape index (κ1) is 15.1. The summed E-state index contributed by atoms with van der Waals surface area (Å²) < 4.78 is 36.9. The largest absolute Gasteiger partial charge is 0.273 e. The molecule has 7 heteroatoms. The van der Waals surface area contributed by atoms with E-state index in [1.54, 1.807) is 12.1 Å². The number of nitrogens with zero attached hydrogens (tertiary/aromatic N) is 2. The topological polar surface area (TPSA) is 66.8 Å². The first-order valence-electron chi connectivity index (χ1n) is 7.30. The second-order valence-corrected chi connectivity index (χ2v) is 7.93. The molecule has 0 aromatic heterocycles. The fourth-order valence-electron chi connectivity index (χ4n) is 2.92. The highest BCUT2D eigenvalue weighted by Gasteiger charge is 2.34. The summed E-state index contributed by atoms with van der Waals surface area (Å²) in [6.07, 6.45) is 1.89. The highest BCUT2D eigenvalue weighted by molar-refractivity contribution is 7.91. The van der Waals surface area contributed by atoms with E-state index < -0.39 is 15.9 Å². The van der Waals surface area contributed by atoms with Crippen molar-refractivity contribution < 1.29 is 17.6 Å². The number of hydrogen-bond donors (Lipinski definition) is 0. The van der Waals surface area contributed by atoms with Crippen molar-refractivity contribution in [1.29, 1.82) is 0 Å². The van der Waals surface area contributed by atoms with Gasteiger partial charge in [0.2, 0.25) is 5.91 Å². The lowest BCUT2D eigenvalue weighted by Gasteiger charge is -2.33. The van der Waals surface area contributed by atoms with Crippen LogP contribution in [0.15, 0.2) is 29.4 Å². The molecule has 0 radical (unpaired) electrons. The summed E-state index contributed by atoms with van der Waals surface area (Å²) in [6.45, 7) is 0. The van der Waals surface area contributed by atoms with Crippen LogP contribution in [-0.2, 0) is 14.6 Å². The van der Waals surface area contributed by atoms with Gasteiger partial charge in [0.1, 0.15) is 5.82 Å². The van der Waals surface area contributed by atoms with Crippen LogP contribution in [0.2, 0.25) is 0 Å². The quantitative estimate of drug-likeness (QED) is 0.832. The van der Waals surface area contributed by atoms with E-state index in [9.17, 15) is 17.6 Å². The second-order valence-electron chi connectivity index (χ2n) is 5.71. The molecule has 0 spiro atoms. The maximum Gasteiger partial charge on any atom is 0.243 e. The third-order valence-corrected chi connectivity index (χ3v) is 5.81. The van der Waals surface area contributed by atoms with Crippen LogP contribution >= 0.6 is 0 Å². The van der Waals surface area contributed by atoms with Crippen molar-refractivity contribution in [2.75, 3.05) is 11.5 Å². The number of rotatable bonds is 2. The Labute approximate surface area is 128 Å². The van der Waals surface area contributed by atoms with Gasteiger partial charge in [0.25, 0.3) is 0 Å². The van der Waals surface area contributed by atoms with Gasteiger partial charge in [-0.2, -0.15) is 5.10 Å². The second kappa shape index (κ2) is 5.79. The molecular formula is C15H17FN2O3S. The van der Waals surface area contributed by atoms with Crippen LogP contribution in [0, 0.1) is 5.82 Å². The molecule has 2 aliphatic rings. The van der Waals surface area contributed by atoms with Crippen LogP contribution in [0.1, 0.15) is 31.2 Å². The fraction of sp³-hybridized carbons (Fsp3) is 0.467. The number of carbonyl (C=O) groups excluding carboxylic acids is 1. The van der Waals surface area contributed by atoms with Gasteiger partial charge in [0, 0.05) is 18.4 Å². The molecule has 1 unspecified atom stereocenters. The van der Waals surface area contributed by atoms with Crippen molar-refractivity contribution >= 4 is 21.5 Å². The minimum atomic E-state index is -3.12. The van der Waals surface area contributed by atoms with Crippen molar-refractivity contribution in [2.24, 2.45) is 5.10 Å². The molecule has 1 amide bonds. The first-order valence-corrected chi connectivity index (χ1v) is 9.13. The van der Waals surface area contributed by atoms with Gasteiger partial charge < -0.3 is 0 Å². The lowest BCUT2D eigenvalue weighted by Crippen LogP contribution is -2.46. The third-order valence-electron chi connectivity index (χ3n) is 4.00. The van der Waals surface area contributed by atoms with Crippen LogP contribution in [0.5, 0.6) is 0 Å². The molecule has 1 atom stereocenters. The molecule has 0 aliphatic carbocycles. The molecule has 22 heavy (non-hydrogen) atoms. The van der Waals surface area contributed by atoms with Crippen LogP contribution in [0.3, 0.4) is 0 Å². The van der Waals surface area contributed by atoms with Crippen molar-refractivity contribution in [3.8, 4) is 0 Å². The van der Waals surface area contributed by atoms with E-state index >= 15 is 0 Å². The molecular weight excluding hydrogens is 307 g/mol. The number of halogens is 1. The van der Waals surface area contributed by atoms with E-state index in [1.807, 2.05) is 0 Å². The van der Waals surface area contributed by atoms with Crippen LogP contribution in [0.25, 0.3) is 0 Å². The summed E-state index contributed by atoms with van der Waals surface area (Å²) >= 11 is 0. The number of hydrazone groups is 1. The van der Waals surface area contributed by atoms with Gasteiger partial charge in [-0.1, -0.05) is 12.1 Å². The molecule has 0 bridgehead atoms. The first-order chi connectivity index (χ1) is 10.4. The fourth-order valence-corrected chi connectivity index (χ4v) is 4.59. The summed E-state index contributed by atoms with van der Waals surface area (Å²) in [7, 11) is -3.12. The normalized spacial score (nSPS) is 25.0. The van der Waals surface area contributed by atoms with Gasteiger partial charge in [-0.05, 0) is 25.0 Å². The highest BCUT2D eigenvalue weighted by Crippen LogP contribution is 2.23. The monoisotopic (exact) mass is 324 g/mol. The third kappa shape index (κ3) is 3.19. The van der Waals surface area contributed by atoms with Gasteiger partial charge in [0.15, 0.2) is 9.84 Å². The van der Waals surface area contributed by atoms with Crippen molar-refractivity contribution in [3.05, 3.63) is 35.6 Å². The van der Waals surface area contributed by atoms with E-state index in [2.05, 4.69) is 5.10 Å². The van der Waals surface area contributed by atoms with Crippen molar-refractivity contribution in [2.45, 2.75) is 31.7 Å². The number of sulfone groups is 1. The average Bonchev–Trinajstić information content (AvgIpc) is 2.46. The molecule has 118 valence electrons. The molecule has 1 saturated heterocycles. The Kier molecular flexibility index (Phi) is 3.99. The Morgan fingerprint density at radius 3 is 2.82 bits per heavy atom. The van der Waals surface area contributed by atoms with Gasteiger partial charge in [-0.3, -0.25) is 4.79 Å². The van der Waals surface area contributed by atoms with E-state index in [4.69, 9.17) is 0 Å². The molecule has 1 aromatic rings. The van der Waals surface area contributed by atoms with Gasteiger partial charge in [0.05, 0.1) is 23.3 Å². The lowest BCUT2D eigenvalue weighted by molar-refractivity contribution is -0.133. The summed E-state index contributed by atoms with van der Waals surface area (Å²) in [6, 6.07) is 5.66. The van der Waals surface area contributed by atoms with Gasteiger partial charge in [-0.25, -0.2) is 17.8 Å². The summed E-state index contributed by atoms with van der Waals surface area (Å²) in [5, 5.41) is 5.64. The van der Waals surface area contributed by atoms with E-state index in [1.165, 1.54) is 17.1 Å². The lowest BCUT2D eigenvalue weighted by atomic mass is 10.0. The Morgan fingerprint density at radius 1 is 1.27 bits per heavy atom. The predicted molar refractivity (Wildman–Crippen MR) is 80.7 cm³/mol. The average molecular weight is 324 g/mol. The van der Waals surface area contributed by atoms with Gasteiger partial charge in [-0.15, -0.1) is 0 Å². The zero-order valence-corrected chi connectivity index (χ0v) is 12.9. The minimum Gasteiger partial charge on any atom is -0.273 e. The SMILES string of the molecule is O=C1CCC(c2cccc(F)c2)=NN1C1CCCS(=O)(=O)C1. The summed E-state index contributed by atoms with van der Waals surface area (Å²) in [5.41, 5.74) is 1.26.